The molecule has 9 N–H and O–H groups in total. The van der Waals surface area contributed by atoms with Gasteiger partial charge in [0.1, 0.15) is 18.1 Å². The molecule has 4 rings (SSSR count). The van der Waals surface area contributed by atoms with E-state index < -0.39 is 47.9 Å². The fourth-order valence-electron chi connectivity index (χ4n) is 5.25. The van der Waals surface area contributed by atoms with Crippen molar-refractivity contribution in [1.82, 2.24) is 30.5 Å². The van der Waals surface area contributed by atoms with Crippen molar-refractivity contribution < 1.29 is 24.3 Å². The molecule has 41 heavy (non-hydrogen) atoms. The van der Waals surface area contributed by atoms with E-state index in [1.807, 2.05) is 24.3 Å². The summed E-state index contributed by atoms with van der Waals surface area (Å²) in [6, 6.07) is 3.70. The van der Waals surface area contributed by atoms with Gasteiger partial charge in [0.15, 0.2) is 0 Å². The summed E-state index contributed by atoms with van der Waals surface area (Å²) < 4.78 is 0. The van der Waals surface area contributed by atoms with Crippen molar-refractivity contribution in [1.29, 1.82) is 0 Å². The minimum Gasteiger partial charge on any atom is -0.480 e. The predicted molar refractivity (Wildman–Crippen MR) is 151 cm³/mol. The summed E-state index contributed by atoms with van der Waals surface area (Å²) in [5.74, 6) is -2.62. The maximum Gasteiger partial charge on any atom is 0.326 e. The zero-order valence-electron chi connectivity index (χ0n) is 22.8. The van der Waals surface area contributed by atoms with E-state index in [1.54, 1.807) is 12.4 Å². The maximum absolute atomic E-state index is 13.8. The van der Waals surface area contributed by atoms with E-state index in [0.29, 0.717) is 44.3 Å². The number of aromatic amines is 2. The minimum atomic E-state index is -1.08. The van der Waals surface area contributed by atoms with E-state index in [2.05, 4.69) is 25.6 Å². The summed E-state index contributed by atoms with van der Waals surface area (Å²) in [6.07, 6.45) is 7.60. The number of nitrogens with one attached hydrogen (secondary N) is 4. The number of fused-ring (bicyclic) bond motifs is 1. The number of benzene rings is 1. The van der Waals surface area contributed by atoms with Gasteiger partial charge in [0.05, 0.1) is 12.4 Å². The molecule has 13 nitrogen and oxygen atoms in total. The maximum atomic E-state index is 13.8. The zero-order chi connectivity index (χ0) is 29.4. The molecule has 0 spiro atoms. The van der Waals surface area contributed by atoms with E-state index in [0.717, 1.165) is 16.5 Å². The number of rotatable bonds is 14. The number of aliphatic carboxylic acids is 1. The van der Waals surface area contributed by atoms with Gasteiger partial charge in [-0.2, -0.15) is 0 Å². The molecule has 1 aliphatic rings. The predicted octanol–water partition coefficient (Wildman–Crippen LogP) is 0.178. The van der Waals surface area contributed by atoms with Gasteiger partial charge in [-0.15, -0.1) is 0 Å². The van der Waals surface area contributed by atoms with Gasteiger partial charge in [0.25, 0.3) is 0 Å². The molecule has 4 unspecified atom stereocenters. The number of imidazole rings is 1. The van der Waals surface area contributed by atoms with Gasteiger partial charge >= 0.3 is 5.97 Å². The Bertz CT molecular complexity index is 1340. The lowest BCUT2D eigenvalue weighted by atomic mass is 10.0. The summed E-state index contributed by atoms with van der Waals surface area (Å²) in [7, 11) is 0. The number of amides is 3. The van der Waals surface area contributed by atoms with Crippen molar-refractivity contribution in [2.24, 2.45) is 11.5 Å². The second kappa shape index (κ2) is 13.9. The summed E-state index contributed by atoms with van der Waals surface area (Å²) in [5, 5.41) is 16.2. The molecule has 0 aliphatic carbocycles. The van der Waals surface area contributed by atoms with Gasteiger partial charge < -0.3 is 42.1 Å². The molecule has 3 amide bonds. The van der Waals surface area contributed by atoms with Crippen LogP contribution in [0.2, 0.25) is 0 Å². The van der Waals surface area contributed by atoms with E-state index in [-0.39, 0.29) is 19.4 Å². The molecule has 0 saturated carbocycles. The molecule has 0 bridgehead atoms. The monoisotopic (exact) mass is 566 g/mol. The first kappa shape index (κ1) is 29.7. The number of aromatic nitrogens is 3. The Hall–Kier alpha value is -4.23. The Balaban J connectivity index is 1.54. The lowest BCUT2D eigenvalue weighted by Gasteiger charge is -2.29. The molecular formula is C28H38N8O5. The molecule has 4 atom stereocenters. The molecule has 0 radical (unpaired) electrons. The van der Waals surface area contributed by atoms with Gasteiger partial charge in [-0.1, -0.05) is 18.2 Å². The highest BCUT2D eigenvalue weighted by Gasteiger charge is 2.38. The van der Waals surface area contributed by atoms with Crippen molar-refractivity contribution in [3.63, 3.8) is 0 Å². The third kappa shape index (κ3) is 7.50. The highest BCUT2D eigenvalue weighted by molar-refractivity contribution is 5.95. The lowest BCUT2D eigenvalue weighted by Crippen LogP contribution is -2.57. The van der Waals surface area contributed by atoms with Crippen molar-refractivity contribution in [3.05, 3.63) is 54.2 Å². The number of para-hydroxylation sites is 1. The number of unbranched alkanes of at least 4 members (excludes halogenated alkanes) is 1. The molecule has 1 aromatic carbocycles. The first-order valence-corrected chi connectivity index (χ1v) is 13.9. The lowest BCUT2D eigenvalue weighted by molar-refractivity contribution is -0.149. The molecule has 3 heterocycles. The van der Waals surface area contributed by atoms with Crippen molar-refractivity contribution >= 4 is 34.6 Å². The smallest absolute Gasteiger partial charge is 0.326 e. The molecule has 1 saturated heterocycles. The topological polar surface area (TPSA) is 212 Å². The number of nitrogens with two attached hydrogens (primary N) is 2. The van der Waals surface area contributed by atoms with Crippen LogP contribution in [0.4, 0.5) is 0 Å². The number of nitrogens with zero attached hydrogens (tertiary/aromatic N) is 2. The largest absolute Gasteiger partial charge is 0.480 e. The Morgan fingerprint density at radius 3 is 2.59 bits per heavy atom. The quantitative estimate of drug-likeness (QED) is 0.133. The Morgan fingerprint density at radius 2 is 1.85 bits per heavy atom. The Labute approximate surface area is 237 Å². The molecule has 13 heteroatoms. The first-order chi connectivity index (χ1) is 19.8. The molecule has 1 fully saturated rings. The van der Waals surface area contributed by atoms with Crippen LogP contribution in [-0.4, -0.2) is 85.9 Å². The molecule has 2 aromatic heterocycles. The van der Waals surface area contributed by atoms with Crippen LogP contribution in [0.15, 0.2) is 43.0 Å². The van der Waals surface area contributed by atoms with Crippen LogP contribution in [0.5, 0.6) is 0 Å². The number of hydrogen-bond acceptors (Lipinski definition) is 7. The van der Waals surface area contributed by atoms with Crippen LogP contribution in [0, 0.1) is 0 Å². The van der Waals surface area contributed by atoms with E-state index in [4.69, 9.17) is 11.5 Å². The van der Waals surface area contributed by atoms with Crippen molar-refractivity contribution in [2.45, 2.75) is 69.1 Å². The Kier molecular flexibility index (Phi) is 10.1. The summed E-state index contributed by atoms with van der Waals surface area (Å²) >= 11 is 0. The number of likely N-dealkylation sites (tertiary alicyclic amines) is 1. The van der Waals surface area contributed by atoms with Crippen LogP contribution >= 0.6 is 0 Å². The third-order valence-corrected chi connectivity index (χ3v) is 7.45. The fourth-order valence-corrected chi connectivity index (χ4v) is 5.25. The number of H-pyrrole nitrogens is 2. The minimum absolute atomic E-state index is 0.139. The SMILES string of the molecule is NCCCCC(NC(=O)C(N)Cc1cnc[nH]1)C(=O)NC(Cc1c[nH]c2ccccc12)C(=O)N1CCCC1C(=O)O. The van der Waals surface area contributed by atoms with Crippen LogP contribution in [-0.2, 0) is 32.0 Å². The second-order valence-corrected chi connectivity index (χ2v) is 10.4. The molecule has 3 aromatic rings. The molecule has 220 valence electrons. The molecule has 1 aliphatic heterocycles. The summed E-state index contributed by atoms with van der Waals surface area (Å²) in [5.41, 5.74) is 14.1. The highest BCUT2D eigenvalue weighted by Crippen LogP contribution is 2.23. The van der Waals surface area contributed by atoms with Crippen LogP contribution in [0.25, 0.3) is 10.9 Å². The number of carbonyl (C=O) groups excluding carboxylic acids is 3. The van der Waals surface area contributed by atoms with Gasteiger partial charge in [-0.25, -0.2) is 9.78 Å². The van der Waals surface area contributed by atoms with Crippen LogP contribution < -0.4 is 22.1 Å². The van der Waals surface area contributed by atoms with E-state index >= 15 is 0 Å². The fraction of sp³-hybridized carbons (Fsp3) is 0.464. The number of hydrogen-bond donors (Lipinski definition) is 7. The van der Waals surface area contributed by atoms with E-state index in [9.17, 15) is 24.3 Å². The zero-order valence-corrected chi connectivity index (χ0v) is 22.8. The number of carboxylic acids is 1. The molecular weight excluding hydrogens is 528 g/mol. The van der Waals surface area contributed by atoms with Crippen molar-refractivity contribution in [3.8, 4) is 0 Å². The standard InChI is InChI=1S/C28H38N8O5/c29-10-4-3-8-22(34-25(37)20(30)13-18-15-31-16-33-18)26(38)35-23(27(39)36-11-5-9-24(36)28(40)41)12-17-14-32-21-7-2-1-6-19(17)21/h1-2,6-7,14-16,20,22-24,32H,3-5,8-13,29-30H2,(H,31,33)(H,34,37)(H,35,38)(H,40,41). The number of carbonyl (C=O) groups is 4. The summed E-state index contributed by atoms with van der Waals surface area (Å²) in [4.78, 5) is 63.5. The van der Waals surface area contributed by atoms with Gasteiger partial charge in [-0.05, 0) is 50.3 Å². The van der Waals surface area contributed by atoms with Gasteiger partial charge in [0.2, 0.25) is 17.7 Å². The van der Waals surface area contributed by atoms with Gasteiger partial charge in [-0.3, -0.25) is 14.4 Å². The van der Waals surface area contributed by atoms with Crippen LogP contribution in [0.3, 0.4) is 0 Å². The number of carboxylic acid groups (broad SMARTS) is 1. The first-order valence-electron chi connectivity index (χ1n) is 13.9. The Morgan fingerprint density at radius 1 is 1.07 bits per heavy atom. The second-order valence-electron chi connectivity index (χ2n) is 10.4. The highest BCUT2D eigenvalue weighted by atomic mass is 16.4. The van der Waals surface area contributed by atoms with Crippen LogP contribution in [0.1, 0.15) is 43.4 Å². The average molecular weight is 567 g/mol. The average Bonchev–Trinajstić information content (AvgIpc) is 3.73. The van der Waals surface area contributed by atoms with Crippen molar-refractivity contribution in [2.75, 3.05) is 13.1 Å². The summed E-state index contributed by atoms with van der Waals surface area (Å²) in [6.45, 7) is 0.712. The van der Waals surface area contributed by atoms with Gasteiger partial charge in [0, 0.05) is 48.4 Å². The normalized spacial score (nSPS) is 17.2. The van der Waals surface area contributed by atoms with E-state index in [1.165, 1.54) is 11.2 Å². The third-order valence-electron chi connectivity index (χ3n) is 7.45.